The summed E-state index contributed by atoms with van der Waals surface area (Å²) in [5, 5.41) is 11.4. The molecule has 3 aromatic heterocycles. The maximum atomic E-state index is 12.4. The lowest BCUT2D eigenvalue weighted by molar-refractivity contribution is 0.0630. The number of anilines is 3. The average Bonchev–Trinajstić information content (AvgIpc) is 3.89. The first-order chi connectivity index (χ1) is 29.6. The normalized spacial score (nSPS) is 13.0. The Morgan fingerprint density at radius 1 is 0.607 bits per heavy atom. The average molecular weight is 859 g/mol. The SMILES string of the molecule is Nc1cnc(Cl)nc1Nc1ccc(OCCCN2C(=O)c3ccccc3C2=O)cc1.O=C1c2ccccc2C(=O)N1CCCOc1ccc(-n2nnc3cnc(Cl)nc32)cc1. The highest BCUT2D eigenvalue weighted by molar-refractivity contribution is 6.28. The molecule has 4 amide bonds. The van der Waals surface area contributed by atoms with E-state index in [1.165, 1.54) is 22.2 Å². The van der Waals surface area contributed by atoms with Crippen LogP contribution in [0.15, 0.2) is 109 Å². The van der Waals surface area contributed by atoms with E-state index in [2.05, 4.69) is 35.6 Å². The maximum absolute atomic E-state index is 12.4. The molecule has 0 unspecified atom stereocenters. The number of aromatic nitrogens is 7. The van der Waals surface area contributed by atoms with E-state index in [1.54, 1.807) is 77.5 Å². The summed E-state index contributed by atoms with van der Waals surface area (Å²) in [6, 6.07) is 28.2. The Balaban J connectivity index is 0.000000169. The van der Waals surface area contributed by atoms with Crippen molar-refractivity contribution in [2.24, 2.45) is 0 Å². The summed E-state index contributed by atoms with van der Waals surface area (Å²) in [5.41, 5.74) is 10.6. The quantitative estimate of drug-likeness (QED) is 0.0725. The molecule has 0 aliphatic carbocycles. The fourth-order valence-electron chi connectivity index (χ4n) is 6.52. The number of rotatable bonds is 13. The van der Waals surface area contributed by atoms with Gasteiger partial charge in [-0.15, -0.1) is 5.10 Å². The molecule has 306 valence electrons. The second-order valence-corrected chi connectivity index (χ2v) is 14.1. The van der Waals surface area contributed by atoms with Gasteiger partial charge in [-0.2, -0.15) is 14.6 Å². The maximum Gasteiger partial charge on any atom is 0.261 e. The number of amides is 4. The van der Waals surface area contributed by atoms with Crippen LogP contribution >= 0.6 is 23.2 Å². The van der Waals surface area contributed by atoms with Gasteiger partial charge >= 0.3 is 0 Å². The molecule has 0 atom stereocenters. The van der Waals surface area contributed by atoms with Crippen LogP contribution in [0.2, 0.25) is 10.6 Å². The first-order valence-electron chi connectivity index (χ1n) is 18.8. The van der Waals surface area contributed by atoms with Crippen molar-refractivity contribution in [2.75, 3.05) is 37.4 Å². The number of imide groups is 2. The first-order valence-corrected chi connectivity index (χ1v) is 19.6. The molecular formula is C42H33Cl2N11O6. The smallest absolute Gasteiger partial charge is 0.261 e. The molecule has 3 N–H and O–H groups in total. The number of nitrogens with two attached hydrogens (primary N) is 1. The van der Waals surface area contributed by atoms with E-state index in [0.717, 1.165) is 11.4 Å². The number of hydrogen-bond donors (Lipinski definition) is 2. The van der Waals surface area contributed by atoms with E-state index >= 15 is 0 Å². The fourth-order valence-corrected chi connectivity index (χ4v) is 6.78. The highest BCUT2D eigenvalue weighted by Gasteiger charge is 2.35. The molecule has 0 spiro atoms. The zero-order chi connectivity index (χ0) is 42.5. The number of ether oxygens (including phenoxy) is 2. The van der Waals surface area contributed by atoms with Gasteiger partial charge in [-0.3, -0.25) is 29.0 Å². The second kappa shape index (κ2) is 17.8. The van der Waals surface area contributed by atoms with Gasteiger partial charge in [0.25, 0.3) is 23.6 Å². The topological polar surface area (TPSA) is 214 Å². The van der Waals surface area contributed by atoms with Crippen LogP contribution in [0.5, 0.6) is 11.5 Å². The minimum absolute atomic E-state index is 0.102. The lowest BCUT2D eigenvalue weighted by atomic mass is 10.1. The molecule has 0 bridgehead atoms. The highest BCUT2D eigenvalue weighted by Crippen LogP contribution is 2.26. The standard InChI is InChI=1S/C21H15ClN6O3.C21H18ClN5O3/c22-21-23-12-17-18(24-21)28(26-25-17)13-6-8-14(9-7-13)31-11-3-10-27-19(29)15-4-1-2-5-16(15)20(27)30;22-21-24-12-17(23)18(26-21)25-13-6-8-14(9-7-13)30-11-3-10-27-19(28)15-4-1-2-5-16(15)20(27)29/h1-2,4-9,12H,3,10-11H2;1-2,4-9,12H,3,10-11,23H2,(H,24,25,26). The zero-order valence-corrected chi connectivity index (χ0v) is 33.5. The van der Waals surface area contributed by atoms with Crippen molar-refractivity contribution in [2.45, 2.75) is 12.8 Å². The molecule has 19 heteroatoms. The van der Waals surface area contributed by atoms with Crippen molar-refractivity contribution in [3.63, 3.8) is 0 Å². The molecule has 7 aromatic rings. The minimum Gasteiger partial charge on any atom is -0.494 e. The Bertz CT molecular complexity index is 2720. The van der Waals surface area contributed by atoms with Gasteiger partial charge in [0.05, 0.1) is 59.2 Å². The summed E-state index contributed by atoms with van der Waals surface area (Å²) in [6.45, 7) is 1.34. The van der Waals surface area contributed by atoms with Gasteiger partial charge in [0.15, 0.2) is 17.0 Å². The van der Waals surface area contributed by atoms with Crippen molar-refractivity contribution in [1.82, 2.24) is 44.7 Å². The summed E-state index contributed by atoms with van der Waals surface area (Å²) in [4.78, 5) is 67.8. The summed E-state index contributed by atoms with van der Waals surface area (Å²) in [7, 11) is 0. The van der Waals surface area contributed by atoms with Gasteiger partial charge in [0, 0.05) is 18.8 Å². The van der Waals surface area contributed by atoms with Crippen molar-refractivity contribution >= 4 is 75.2 Å². The van der Waals surface area contributed by atoms with Gasteiger partial charge in [0.2, 0.25) is 10.6 Å². The number of nitrogens with zero attached hydrogens (tertiary/aromatic N) is 9. The molecule has 0 radical (unpaired) electrons. The number of carbonyl (C=O) groups excluding carboxylic acids is 4. The molecule has 0 saturated heterocycles. The monoisotopic (exact) mass is 857 g/mol. The lowest BCUT2D eigenvalue weighted by Crippen LogP contribution is -2.31. The van der Waals surface area contributed by atoms with E-state index in [9.17, 15) is 19.2 Å². The lowest BCUT2D eigenvalue weighted by Gasteiger charge is -2.14. The first kappa shape index (κ1) is 40.3. The van der Waals surface area contributed by atoms with Crippen LogP contribution in [0.25, 0.3) is 16.9 Å². The van der Waals surface area contributed by atoms with Gasteiger partial charge in [0.1, 0.15) is 11.5 Å². The molecule has 0 saturated carbocycles. The van der Waals surface area contributed by atoms with Crippen molar-refractivity contribution < 1.29 is 28.7 Å². The fraction of sp³-hybridized carbons (Fsp3) is 0.143. The number of halogens is 2. The number of nitrogen functional groups attached to an aromatic ring is 1. The number of carbonyl (C=O) groups is 4. The van der Waals surface area contributed by atoms with E-state index in [0.29, 0.717) is 95.6 Å². The largest absolute Gasteiger partial charge is 0.494 e. The minimum atomic E-state index is -0.256. The van der Waals surface area contributed by atoms with E-state index in [-0.39, 0.29) is 34.2 Å². The van der Waals surface area contributed by atoms with Crippen LogP contribution in [-0.4, -0.2) is 94.7 Å². The van der Waals surface area contributed by atoms with Crippen molar-refractivity contribution in [3.8, 4) is 17.2 Å². The Hall–Kier alpha value is -7.50. The summed E-state index contributed by atoms with van der Waals surface area (Å²) < 4.78 is 13.0. The van der Waals surface area contributed by atoms with Crippen molar-refractivity contribution in [1.29, 1.82) is 0 Å². The molecule has 5 heterocycles. The number of nitrogens with one attached hydrogen (secondary N) is 1. The Labute approximate surface area is 357 Å². The van der Waals surface area contributed by atoms with E-state index < -0.39 is 0 Å². The Morgan fingerprint density at radius 2 is 1.08 bits per heavy atom. The third kappa shape index (κ3) is 8.78. The number of hydrogen-bond acceptors (Lipinski definition) is 14. The molecule has 0 fully saturated rings. The zero-order valence-electron chi connectivity index (χ0n) is 31.9. The third-order valence-electron chi connectivity index (χ3n) is 9.50. The third-order valence-corrected chi connectivity index (χ3v) is 9.86. The van der Waals surface area contributed by atoms with Crippen LogP contribution < -0.4 is 20.5 Å². The molecule has 4 aromatic carbocycles. The van der Waals surface area contributed by atoms with Crippen molar-refractivity contribution in [3.05, 3.63) is 142 Å². The summed E-state index contributed by atoms with van der Waals surface area (Å²) in [5.74, 6) is 0.720. The molecular weight excluding hydrogens is 825 g/mol. The summed E-state index contributed by atoms with van der Waals surface area (Å²) >= 11 is 11.7. The molecule has 2 aliphatic rings. The van der Waals surface area contributed by atoms with Crippen LogP contribution in [0.3, 0.4) is 0 Å². The predicted octanol–water partition coefficient (Wildman–Crippen LogP) is 6.45. The van der Waals surface area contributed by atoms with Gasteiger partial charge in [-0.1, -0.05) is 29.5 Å². The Morgan fingerprint density at radius 3 is 1.61 bits per heavy atom. The van der Waals surface area contributed by atoms with Crippen LogP contribution in [0.1, 0.15) is 54.3 Å². The molecule has 17 nitrogen and oxygen atoms in total. The Kier molecular flexibility index (Phi) is 11.7. The highest BCUT2D eigenvalue weighted by atomic mass is 35.5. The van der Waals surface area contributed by atoms with Crippen LogP contribution in [0, 0.1) is 0 Å². The number of benzene rings is 4. The van der Waals surface area contributed by atoms with Gasteiger partial charge in [-0.25, -0.2) is 9.97 Å². The van der Waals surface area contributed by atoms with E-state index in [1.807, 2.05) is 24.3 Å². The van der Waals surface area contributed by atoms with Crippen LogP contribution in [-0.2, 0) is 0 Å². The molecule has 61 heavy (non-hydrogen) atoms. The molecule has 2 aliphatic heterocycles. The van der Waals surface area contributed by atoms with Crippen LogP contribution in [0.4, 0.5) is 17.2 Å². The predicted molar refractivity (Wildman–Crippen MR) is 224 cm³/mol. The number of fused-ring (bicyclic) bond motifs is 3. The van der Waals surface area contributed by atoms with E-state index in [4.69, 9.17) is 38.4 Å². The van der Waals surface area contributed by atoms with Gasteiger partial charge in [-0.05, 0) is 109 Å². The summed E-state index contributed by atoms with van der Waals surface area (Å²) in [6.07, 6.45) is 4.00. The van der Waals surface area contributed by atoms with Gasteiger partial charge < -0.3 is 20.5 Å². The molecule has 9 rings (SSSR count). The second-order valence-electron chi connectivity index (χ2n) is 13.5.